The summed E-state index contributed by atoms with van der Waals surface area (Å²) in [6.45, 7) is 0. The Kier molecular flexibility index (Phi) is 3.17. The Morgan fingerprint density at radius 2 is 2.17 bits per heavy atom. The van der Waals surface area contributed by atoms with Gasteiger partial charge in [0.05, 0.1) is 18.1 Å². The molecule has 114 valence electrons. The van der Waals surface area contributed by atoms with Crippen molar-refractivity contribution in [3.63, 3.8) is 0 Å². The molecule has 0 fully saturated rings. The van der Waals surface area contributed by atoms with E-state index in [1.807, 2.05) is 47.2 Å². The van der Waals surface area contributed by atoms with Crippen molar-refractivity contribution >= 4 is 35.1 Å². The van der Waals surface area contributed by atoms with Gasteiger partial charge in [0, 0.05) is 17.6 Å². The minimum absolute atomic E-state index is 0.235. The third kappa shape index (κ3) is 2.49. The summed E-state index contributed by atoms with van der Waals surface area (Å²) in [5, 5.41) is 3.44. The lowest BCUT2D eigenvalue weighted by Crippen LogP contribution is -2.02. The summed E-state index contributed by atoms with van der Waals surface area (Å²) in [5.41, 5.74) is 8.47. The van der Waals surface area contributed by atoms with Crippen LogP contribution in [-0.4, -0.2) is 14.5 Å². The highest BCUT2D eigenvalue weighted by atomic mass is 35.5. The molecule has 3 aromatic rings. The lowest BCUT2D eigenvalue weighted by Gasteiger charge is -2.12. The monoisotopic (exact) mass is 325 g/mol. The van der Waals surface area contributed by atoms with Crippen molar-refractivity contribution in [3.8, 4) is 11.4 Å². The Hall–Kier alpha value is -2.99. The van der Waals surface area contributed by atoms with Crippen LogP contribution in [0.4, 0.5) is 17.5 Å². The van der Waals surface area contributed by atoms with Gasteiger partial charge in [-0.2, -0.15) is 4.98 Å². The largest absolute Gasteiger partial charge is 0.463 e. The number of hydrogen-bond donors (Lipinski definition) is 2. The van der Waals surface area contributed by atoms with Gasteiger partial charge in [0.2, 0.25) is 5.95 Å². The van der Waals surface area contributed by atoms with Crippen molar-refractivity contribution < 1.29 is 4.74 Å². The van der Waals surface area contributed by atoms with Crippen LogP contribution < -0.4 is 15.8 Å². The normalized spacial score (nSPS) is 12.0. The van der Waals surface area contributed by atoms with Crippen molar-refractivity contribution in [1.82, 2.24) is 14.5 Å². The second-order valence-electron chi connectivity index (χ2n) is 4.96. The molecular weight excluding hydrogens is 314 g/mol. The van der Waals surface area contributed by atoms with E-state index in [1.54, 1.807) is 6.26 Å². The van der Waals surface area contributed by atoms with Crippen LogP contribution in [0.15, 0.2) is 49.0 Å². The molecule has 1 aliphatic rings. The average molecular weight is 326 g/mol. The maximum absolute atomic E-state index is 5.84. The highest BCUT2D eigenvalue weighted by molar-refractivity contribution is 6.32. The van der Waals surface area contributed by atoms with Crippen molar-refractivity contribution in [3.05, 3.63) is 59.7 Å². The van der Waals surface area contributed by atoms with Crippen molar-refractivity contribution in [2.45, 2.75) is 0 Å². The van der Waals surface area contributed by atoms with E-state index in [1.165, 1.54) is 6.20 Å². The molecule has 0 amide bonds. The number of nitrogen functional groups attached to an aromatic ring is 1. The highest BCUT2D eigenvalue weighted by Gasteiger charge is 2.12. The van der Waals surface area contributed by atoms with E-state index in [-0.39, 0.29) is 5.82 Å². The Balaban J connectivity index is 1.72. The fraction of sp³-hybridized carbons (Fsp3) is 0. The van der Waals surface area contributed by atoms with Gasteiger partial charge in [0.1, 0.15) is 10.8 Å². The Morgan fingerprint density at radius 1 is 1.26 bits per heavy atom. The Bertz CT molecular complexity index is 919. The molecule has 3 N–H and O–H groups in total. The molecule has 3 heterocycles. The summed E-state index contributed by atoms with van der Waals surface area (Å²) < 4.78 is 7.67. The molecule has 2 aromatic heterocycles. The summed E-state index contributed by atoms with van der Waals surface area (Å²) in [6, 6.07) is 9.72. The van der Waals surface area contributed by atoms with Gasteiger partial charge >= 0.3 is 0 Å². The fourth-order valence-corrected chi connectivity index (χ4v) is 2.47. The number of aromatic nitrogens is 3. The topological polar surface area (TPSA) is 78.0 Å². The third-order valence-corrected chi connectivity index (χ3v) is 3.75. The fourth-order valence-electron chi connectivity index (χ4n) is 2.38. The van der Waals surface area contributed by atoms with Gasteiger partial charge in [0.25, 0.3) is 0 Å². The molecule has 0 atom stereocenters. The van der Waals surface area contributed by atoms with Gasteiger partial charge in [-0.25, -0.2) is 4.98 Å². The van der Waals surface area contributed by atoms with E-state index >= 15 is 0 Å². The van der Waals surface area contributed by atoms with Crippen LogP contribution in [0.2, 0.25) is 5.02 Å². The van der Waals surface area contributed by atoms with Gasteiger partial charge in [0.15, 0.2) is 5.75 Å². The van der Waals surface area contributed by atoms with Crippen LogP contribution in [0.1, 0.15) is 5.69 Å². The summed E-state index contributed by atoms with van der Waals surface area (Å²) in [7, 11) is 0. The van der Waals surface area contributed by atoms with E-state index in [2.05, 4.69) is 15.3 Å². The van der Waals surface area contributed by atoms with Crippen LogP contribution in [0.5, 0.6) is 5.75 Å². The number of fused-ring (bicyclic) bond motifs is 3. The van der Waals surface area contributed by atoms with Crippen molar-refractivity contribution in [1.29, 1.82) is 0 Å². The number of nitrogens with zero attached hydrogens (tertiary/aromatic N) is 3. The number of anilines is 3. The number of benzene rings is 1. The van der Waals surface area contributed by atoms with Gasteiger partial charge in [-0.05, 0) is 36.4 Å². The zero-order valence-electron chi connectivity index (χ0n) is 11.9. The molecule has 0 unspecified atom stereocenters. The smallest absolute Gasteiger partial charge is 0.229 e. The predicted molar refractivity (Wildman–Crippen MR) is 90.2 cm³/mol. The summed E-state index contributed by atoms with van der Waals surface area (Å²) in [4.78, 5) is 8.22. The molecule has 23 heavy (non-hydrogen) atoms. The standard InChI is InChI=1S/C16H12ClN5O/c17-12-9-19-16(21-15(12)18)20-10-3-4-14-13(8-10)22-6-1-2-11(22)5-7-23-14/h1-9H,(H3,18,19,20,21). The number of nitrogens with one attached hydrogen (secondary N) is 1. The highest BCUT2D eigenvalue weighted by Crippen LogP contribution is 2.31. The zero-order valence-corrected chi connectivity index (χ0v) is 12.7. The molecule has 0 saturated heterocycles. The van der Waals surface area contributed by atoms with Gasteiger partial charge in [-0.3, -0.25) is 0 Å². The molecule has 0 saturated carbocycles. The molecule has 6 nitrogen and oxygen atoms in total. The van der Waals surface area contributed by atoms with E-state index in [0.29, 0.717) is 11.0 Å². The minimum atomic E-state index is 0.235. The molecule has 7 heteroatoms. The quantitative estimate of drug-likeness (QED) is 0.752. The molecule has 0 bridgehead atoms. The summed E-state index contributed by atoms with van der Waals surface area (Å²) in [5.74, 6) is 1.38. The van der Waals surface area contributed by atoms with Gasteiger partial charge < -0.3 is 20.4 Å². The van der Waals surface area contributed by atoms with Crippen LogP contribution in [-0.2, 0) is 0 Å². The summed E-state index contributed by atoms with van der Waals surface area (Å²) >= 11 is 5.84. The zero-order chi connectivity index (χ0) is 15.8. The van der Waals surface area contributed by atoms with E-state index in [9.17, 15) is 0 Å². The predicted octanol–water partition coefficient (Wildman–Crippen LogP) is 3.61. The number of halogens is 1. The van der Waals surface area contributed by atoms with Crippen LogP contribution >= 0.6 is 11.6 Å². The maximum atomic E-state index is 5.84. The molecular formula is C16H12ClN5O. The lowest BCUT2D eigenvalue weighted by atomic mass is 10.2. The summed E-state index contributed by atoms with van der Waals surface area (Å²) in [6.07, 6.45) is 7.03. The lowest BCUT2D eigenvalue weighted by molar-refractivity contribution is 0.485. The van der Waals surface area contributed by atoms with Crippen molar-refractivity contribution in [2.24, 2.45) is 0 Å². The van der Waals surface area contributed by atoms with Crippen LogP contribution in [0, 0.1) is 0 Å². The number of hydrogen-bond acceptors (Lipinski definition) is 5. The van der Waals surface area contributed by atoms with Gasteiger partial charge in [-0.1, -0.05) is 11.6 Å². The first kappa shape index (κ1) is 13.7. The molecule has 4 rings (SSSR count). The third-order valence-electron chi connectivity index (χ3n) is 3.46. The SMILES string of the molecule is Nc1nc(Nc2ccc3c(c2)-n2cccc2C=CO3)ncc1Cl. The molecule has 0 radical (unpaired) electrons. The second kappa shape index (κ2) is 5.33. The van der Waals surface area contributed by atoms with E-state index in [0.717, 1.165) is 22.8 Å². The number of ether oxygens (including phenoxy) is 1. The first-order valence-electron chi connectivity index (χ1n) is 6.91. The number of rotatable bonds is 2. The van der Waals surface area contributed by atoms with Gasteiger partial charge in [-0.15, -0.1) is 0 Å². The average Bonchev–Trinajstić information content (AvgIpc) is 2.94. The minimum Gasteiger partial charge on any atom is -0.463 e. The molecule has 0 spiro atoms. The van der Waals surface area contributed by atoms with E-state index in [4.69, 9.17) is 22.1 Å². The molecule has 1 aromatic carbocycles. The first-order valence-corrected chi connectivity index (χ1v) is 7.28. The Morgan fingerprint density at radius 3 is 3.04 bits per heavy atom. The first-order chi connectivity index (χ1) is 11.2. The van der Waals surface area contributed by atoms with Crippen molar-refractivity contribution in [2.75, 3.05) is 11.1 Å². The molecule has 1 aliphatic heterocycles. The van der Waals surface area contributed by atoms with Crippen LogP contribution in [0.3, 0.4) is 0 Å². The number of nitrogens with two attached hydrogens (primary N) is 1. The second-order valence-corrected chi connectivity index (χ2v) is 5.37. The van der Waals surface area contributed by atoms with Crippen LogP contribution in [0.25, 0.3) is 11.8 Å². The molecule has 0 aliphatic carbocycles. The maximum Gasteiger partial charge on any atom is 0.229 e. The Labute approximate surface area is 137 Å². The van der Waals surface area contributed by atoms with E-state index < -0.39 is 0 Å².